The molecule has 0 aliphatic carbocycles. The first kappa shape index (κ1) is 33.9. The van der Waals surface area contributed by atoms with E-state index >= 15 is 0 Å². The lowest BCUT2D eigenvalue weighted by Crippen LogP contribution is -2.13. The molecule has 0 spiro atoms. The number of aromatic hydroxyl groups is 1. The summed E-state index contributed by atoms with van der Waals surface area (Å²) in [6.07, 6.45) is 0. The number of aryl methyl sites for hydroxylation is 1. The molecule has 8 rings (SSSR count). The maximum Gasteiger partial charge on any atom is 0.257 e. The molecule has 52 heavy (non-hydrogen) atoms. The number of thiazole rings is 2. The van der Waals surface area contributed by atoms with Crippen molar-refractivity contribution >= 4 is 77.7 Å². The largest absolute Gasteiger partial charge is 0.508 e. The third-order valence-corrected chi connectivity index (χ3v) is 10.2. The molecular weight excluding hydrogens is 689 g/mol. The minimum absolute atomic E-state index is 0.216. The van der Waals surface area contributed by atoms with Gasteiger partial charge in [-0.05, 0) is 116 Å². The molecule has 9 nitrogen and oxygen atoms in total. The summed E-state index contributed by atoms with van der Waals surface area (Å²) in [5, 5.41) is 17.1. The van der Waals surface area contributed by atoms with E-state index in [1.54, 1.807) is 78.1 Å². The summed E-state index contributed by atoms with van der Waals surface area (Å²) in [6, 6.07) is 40.5. The number of nitrogens with two attached hydrogens (primary N) is 2. The standard InChI is InChI=1S/C21H17N3OS.C20H15N3O2S/c1-13-6-11-18-19(12-13)26-21(24-18)14-7-9-15(10-8-14)23-20(25)16-4-2-3-5-17(16)22;21-16-4-2-1-3-15(16)19(25)22-13-7-5-12(6-8-13)20-23-17-10-9-14(24)11-18(17)26-20/h2-12H,22H2,1H3,(H,23,25);1-11,24H,21H2,(H,22,25). The van der Waals surface area contributed by atoms with Crippen molar-refractivity contribution in [2.75, 3.05) is 22.1 Å². The second-order valence-electron chi connectivity index (χ2n) is 11.9. The summed E-state index contributed by atoms with van der Waals surface area (Å²) in [4.78, 5) is 33.9. The molecule has 0 bridgehead atoms. The van der Waals surface area contributed by atoms with Crippen LogP contribution < -0.4 is 22.1 Å². The van der Waals surface area contributed by atoms with Crippen LogP contribution in [0.25, 0.3) is 41.6 Å². The lowest BCUT2D eigenvalue weighted by atomic mass is 10.1. The number of hydrogen-bond acceptors (Lipinski definition) is 9. The van der Waals surface area contributed by atoms with E-state index in [-0.39, 0.29) is 17.6 Å². The van der Waals surface area contributed by atoms with Crippen molar-refractivity contribution in [2.45, 2.75) is 6.92 Å². The molecule has 8 aromatic rings. The predicted octanol–water partition coefficient (Wildman–Crippen LogP) is 9.61. The Morgan fingerprint density at radius 1 is 0.577 bits per heavy atom. The molecule has 0 unspecified atom stereocenters. The Morgan fingerprint density at radius 3 is 1.50 bits per heavy atom. The number of rotatable bonds is 6. The number of nitrogens with one attached hydrogen (secondary N) is 2. The van der Waals surface area contributed by atoms with Gasteiger partial charge in [0, 0.05) is 33.9 Å². The minimum atomic E-state index is -0.244. The van der Waals surface area contributed by atoms with Crippen LogP contribution in [0.1, 0.15) is 26.3 Å². The average Bonchev–Trinajstić information content (AvgIpc) is 3.77. The van der Waals surface area contributed by atoms with Gasteiger partial charge in [0.25, 0.3) is 11.8 Å². The van der Waals surface area contributed by atoms with Crippen LogP contribution in [0.4, 0.5) is 22.7 Å². The molecular formula is C41H32N6O3S2. The molecule has 0 saturated heterocycles. The molecule has 0 aliphatic rings. The van der Waals surface area contributed by atoms with Crippen LogP contribution in [0.2, 0.25) is 0 Å². The number of hydrogen-bond donors (Lipinski definition) is 5. The summed E-state index contributed by atoms with van der Waals surface area (Å²) >= 11 is 3.18. The van der Waals surface area contributed by atoms with E-state index in [0.29, 0.717) is 28.2 Å². The topological polar surface area (TPSA) is 156 Å². The highest BCUT2D eigenvalue weighted by Crippen LogP contribution is 2.33. The van der Waals surface area contributed by atoms with Gasteiger partial charge in [0.05, 0.1) is 31.6 Å². The first-order valence-electron chi connectivity index (χ1n) is 16.2. The van der Waals surface area contributed by atoms with Gasteiger partial charge in [-0.3, -0.25) is 9.59 Å². The molecule has 256 valence electrons. The lowest BCUT2D eigenvalue weighted by Gasteiger charge is -2.07. The van der Waals surface area contributed by atoms with Gasteiger partial charge in [0.15, 0.2) is 0 Å². The Morgan fingerprint density at radius 2 is 1.02 bits per heavy atom. The van der Waals surface area contributed by atoms with E-state index in [1.165, 1.54) is 21.6 Å². The number of para-hydroxylation sites is 2. The Kier molecular flexibility index (Phi) is 9.61. The fourth-order valence-electron chi connectivity index (χ4n) is 5.39. The second-order valence-corrected chi connectivity index (χ2v) is 14.0. The Balaban J connectivity index is 0.000000162. The SMILES string of the molecule is Cc1ccc2nc(-c3ccc(NC(=O)c4ccccc4N)cc3)sc2c1.Nc1ccccc1C(=O)Nc1ccc(-c2nc3ccc(O)cc3s2)cc1. The third-order valence-electron chi connectivity index (χ3n) is 8.11. The number of phenols is 1. The van der Waals surface area contributed by atoms with Crippen LogP contribution in [-0.4, -0.2) is 26.9 Å². The van der Waals surface area contributed by atoms with E-state index in [9.17, 15) is 14.7 Å². The van der Waals surface area contributed by atoms with Crippen molar-refractivity contribution in [3.05, 3.63) is 150 Å². The summed E-state index contributed by atoms with van der Waals surface area (Å²) in [7, 11) is 0. The van der Waals surface area contributed by atoms with Gasteiger partial charge >= 0.3 is 0 Å². The van der Waals surface area contributed by atoms with Crippen molar-refractivity contribution in [1.82, 2.24) is 9.97 Å². The zero-order valence-corrected chi connectivity index (χ0v) is 29.5. The van der Waals surface area contributed by atoms with Gasteiger partial charge in [-0.25, -0.2) is 9.97 Å². The van der Waals surface area contributed by atoms with Crippen LogP contribution in [0.3, 0.4) is 0 Å². The van der Waals surface area contributed by atoms with Gasteiger partial charge in [-0.2, -0.15) is 0 Å². The number of anilines is 4. The summed E-state index contributed by atoms with van der Waals surface area (Å²) < 4.78 is 2.11. The quantitative estimate of drug-likeness (QED) is 0.107. The lowest BCUT2D eigenvalue weighted by molar-refractivity contribution is 0.101. The monoisotopic (exact) mass is 720 g/mol. The zero-order valence-electron chi connectivity index (χ0n) is 27.8. The van der Waals surface area contributed by atoms with Crippen molar-refractivity contribution in [3.63, 3.8) is 0 Å². The number of nitrogen functional groups attached to an aromatic ring is 2. The maximum atomic E-state index is 12.3. The predicted molar refractivity (Wildman–Crippen MR) is 214 cm³/mol. The van der Waals surface area contributed by atoms with Gasteiger partial charge in [0.2, 0.25) is 0 Å². The molecule has 0 atom stereocenters. The van der Waals surface area contributed by atoms with Gasteiger partial charge in [0.1, 0.15) is 15.8 Å². The van der Waals surface area contributed by atoms with Crippen molar-refractivity contribution in [2.24, 2.45) is 0 Å². The smallest absolute Gasteiger partial charge is 0.257 e. The van der Waals surface area contributed by atoms with Crippen LogP contribution >= 0.6 is 22.7 Å². The summed E-state index contributed by atoms with van der Waals surface area (Å²) in [6.45, 7) is 2.08. The fourth-order valence-corrected chi connectivity index (χ4v) is 7.46. The molecule has 0 radical (unpaired) electrons. The molecule has 0 aliphatic heterocycles. The van der Waals surface area contributed by atoms with Crippen molar-refractivity contribution in [1.29, 1.82) is 0 Å². The number of phenolic OH excluding ortho intramolecular Hbond substituents is 1. The second kappa shape index (κ2) is 14.7. The van der Waals surface area contributed by atoms with Gasteiger partial charge < -0.3 is 27.2 Å². The van der Waals surface area contributed by atoms with E-state index in [2.05, 4.69) is 39.7 Å². The maximum absolute atomic E-state index is 12.3. The van der Waals surface area contributed by atoms with E-state index < -0.39 is 0 Å². The molecule has 11 heteroatoms. The highest BCUT2D eigenvalue weighted by atomic mass is 32.1. The average molecular weight is 721 g/mol. The first-order chi connectivity index (χ1) is 25.2. The number of fused-ring (bicyclic) bond motifs is 2. The Labute approximate surface area is 307 Å². The first-order valence-corrected chi connectivity index (χ1v) is 17.8. The number of benzene rings is 6. The number of carbonyl (C=O) groups is 2. The Bertz CT molecular complexity index is 2380. The van der Waals surface area contributed by atoms with Crippen molar-refractivity contribution < 1.29 is 14.7 Å². The number of amides is 2. The van der Waals surface area contributed by atoms with Gasteiger partial charge in [-0.1, -0.05) is 30.3 Å². The normalized spacial score (nSPS) is 10.8. The number of nitrogens with zero attached hydrogens (tertiary/aromatic N) is 2. The Hall–Kier alpha value is -6.56. The molecule has 2 heterocycles. The summed E-state index contributed by atoms with van der Waals surface area (Å²) in [5.41, 5.74) is 20.0. The number of aromatic nitrogens is 2. The number of carbonyl (C=O) groups excluding carboxylic acids is 2. The highest BCUT2D eigenvalue weighted by Gasteiger charge is 2.12. The van der Waals surface area contributed by atoms with Crippen LogP contribution in [0.15, 0.2) is 133 Å². The molecule has 7 N–H and O–H groups in total. The van der Waals surface area contributed by atoms with Gasteiger partial charge in [-0.15, -0.1) is 22.7 Å². The molecule has 0 fully saturated rings. The molecule has 6 aromatic carbocycles. The zero-order chi connectivity index (χ0) is 36.2. The fraction of sp³-hybridized carbons (Fsp3) is 0.0244. The molecule has 2 aromatic heterocycles. The highest BCUT2D eigenvalue weighted by molar-refractivity contribution is 7.22. The van der Waals surface area contributed by atoms with E-state index in [4.69, 9.17) is 11.5 Å². The van der Waals surface area contributed by atoms with Crippen LogP contribution in [0.5, 0.6) is 5.75 Å². The van der Waals surface area contributed by atoms with Crippen LogP contribution in [0, 0.1) is 6.92 Å². The van der Waals surface area contributed by atoms with Crippen LogP contribution in [-0.2, 0) is 0 Å². The van der Waals surface area contributed by atoms with E-state index in [0.717, 1.165) is 42.6 Å². The minimum Gasteiger partial charge on any atom is -0.508 e. The van der Waals surface area contributed by atoms with Crippen molar-refractivity contribution in [3.8, 4) is 26.9 Å². The summed E-state index contributed by atoms with van der Waals surface area (Å²) in [5.74, 6) is -0.233. The molecule has 0 saturated carbocycles. The third kappa shape index (κ3) is 7.60. The van der Waals surface area contributed by atoms with E-state index in [1.807, 2.05) is 54.6 Å². The molecule has 2 amide bonds.